The van der Waals surface area contributed by atoms with Crippen molar-refractivity contribution in [2.45, 2.75) is 6.54 Å². The van der Waals surface area contributed by atoms with Crippen LogP contribution in [0.25, 0.3) is 22.6 Å². The normalized spacial score (nSPS) is 16.1. The summed E-state index contributed by atoms with van der Waals surface area (Å²) in [6.45, 7) is 5.49. The third kappa shape index (κ3) is 4.70. The number of amides is 2. The first-order chi connectivity index (χ1) is 17.7. The van der Waals surface area contributed by atoms with Crippen molar-refractivity contribution in [3.63, 3.8) is 0 Å². The number of carbonyl (C=O) groups excluding carboxylic acids is 1. The number of benzene rings is 2. The highest BCUT2D eigenvalue weighted by Gasteiger charge is 2.24. The smallest absolute Gasteiger partial charge is 0.323 e. The number of urea groups is 1. The Hall–Kier alpha value is -4.09. The molecule has 3 N–H and O–H groups in total. The van der Waals surface area contributed by atoms with E-state index in [1.165, 1.54) is 0 Å². The number of anilines is 3. The van der Waals surface area contributed by atoms with Gasteiger partial charge in [0.25, 0.3) is 0 Å². The lowest BCUT2D eigenvalue weighted by atomic mass is 10.0. The fourth-order valence-electron chi connectivity index (χ4n) is 4.33. The van der Waals surface area contributed by atoms with Gasteiger partial charge in [0.05, 0.1) is 19.8 Å². The van der Waals surface area contributed by atoms with Gasteiger partial charge < -0.3 is 25.6 Å². The minimum Gasteiger partial charge on any atom is -0.378 e. The van der Waals surface area contributed by atoms with Crippen LogP contribution in [0.5, 0.6) is 0 Å². The first kappa shape index (κ1) is 22.4. The second kappa shape index (κ2) is 9.88. The standard InChI is InChI=1S/C25H27N9O2/c35-25(27-19-4-2-1-3-5-19)28-20-8-6-18(7-9-20)22-29-23(33-10-12-36-13-11-33)21-24(30-22)34(32-31-21)16-17-14-26-15-17/h1-9,17,26H,10-16H2,(H2,27,28,35). The number of carbonyl (C=O) groups is 1. The minimum atomic E-state index is -0.304. The number of ether oxygens (including phenoxy) is 1. The van der Waals surface area contributed by atoms with Crippen molar-refractivity contribution in [1.82, 2.24) is 30.3 Å². The molecule has 2 saturated heterocycles. The van der Waals surface area contributed by atoms with E-state index in [4.69, 9.17) is 14.7 Å². The lowest BCUT2D eigenvalue weighted by Gasteiger charge is -2.28. The lowest BCUT2D eigenvalue weighted by molar-refractivity contribution is 0.122. The van der Waals surface area contributed by atoms with Crippen LogP contribution in [0.3, 0.4) is 0 Å². The third-order valence-electron chi connectivity index (χ3n) is 6.38. The van der Waals surface area contributed by atoms with Crippen LogP contribution in [0.4, 0.5) is 22.0 Å². The lowest BCUT2D eigenvalue weighted by Crippen LogP contribution is -2.44. The van der Waals surface area contributed by atoms with E-state index in [0.29, 0.717) is 36.2 Å². The van der Waals surface area contributed by atoms with Crippen molar-refractivity contribution in [2.24, 2.45) is 5.92 Å². The molecule has 4 aromatic rings. The number of morpholine rings is 1. The predicted molar refractivity (Wildman–Crippen MR) is 137 cm³/mol. The molecule has 0 radical (unpaired) electrons. The summed E-state index contributed by atoms with van der Waals surface area (Å²) in [6.07, 6.45) is 0. The van der Waals surface area contributed by atoms with Gasteiger partial charge in [-0.3, -0.25) is 0 Å². The Balaban J connectivity index is 1.27. The molecule has 0 unspecified atom stereocenters. The van der Waals surface area contributed by atoms with Crippen molar-refractivity contribution in [3.05, 3.63) is 54.6 Å². The molecule has 0 atom stereocenters. The molecule has 11 heteroatoms. The van der Waals surface area contributed by atoms with Gasteiger partial charge >= 0.3 is 6.03 Å². The number of nitrogens with one attached hydrogen (secondary N) is 3. The van der Waals surface area contributed by atoms with Gasteiger partial charge in [-0.15, -0.1) is 5.10 Å². The summed E-state index contributed by atoms with van der Waals surface area (Å²) in [5.74, 6) is 1.90. The predicted octanol–water partition coefficient (Wildman–Crippen LogP) is 2.59. The Bertz CT molecular complexity index is 1350. The van der Waals surface area contributed by atoms with Crippen LogP contribution in [-0.2, 0) is 11.3 Å². The van der Waals surface area contributed by atoms with Crippen molar-refractivity contribution >= 4 is 34.4 Å². The zero-order valence-electron chi connectivity index (χ0n) is 19.7. The highest BCUT2D eigenvalue weighted by molar-refractivity contribution is 5.99. The molecular weight excluding hydrogens is 458 g/mol. The highest BCUT2D eigenvalue weighted by Crippen LogP contribution is 2.28. The monoisotopic (exact) mass is 485 g/mol. The van der Waals surface area contributed by atoms with Crippen LogP contribution in [0.1, 0.15) is 0 Å². The van der Waals surface area contributed by atoms with Crippen LogP contribution >= 0.6 is 0 Å². The number of aromatic nitrogens is 5. The topological polar surface area (TPSA) is 122 Å². The molecule has 2 amide bonds. The van der Waals surface area contributed by atoms with Gasteiger partial charge in [0.1, 0.15) is 0 Å². The van der Waals surface area contributed by atoms with Crippen LogP contribution < -0.4 is 20.9 Å². The molecule has 0 bridgehead atoms. The first-order valence-corrected chi connectivity index (χ1v) is 12.1. The van der Waals surface area contributed by atoms with E-state index >= 15 is 0 Å². The number of rotatable bonds is 6. The minimum absolute atomic E-state index is 0.304. The quantitative estimate of drug-likeness (QED) is 0.381. The number of fused-ring (bicyclic) bond motifs is 1. The van der Waals surface area contributed by atoms with E-state index in [2.05, 4.69) is 31.2 Å². The Kier molecular flexibility index (Phi) is 6.14. The molecule has 2 aliphatic rings. The summed E-state index contributed by atoms with van der Waals surface area (Å²) in [7, 11) is 0. The SMILES string of the molecule is O=C(Nc1ccccc1)Nc1ccc(-c2nc(N3CCOCC3)c3nnn(CC4CNC4)c3n2)cc1. The summed E-state index contributed by atoms with van der Waals surface area (Å²) in [6, 6.07) is 16.5. The Morgan fingerprint density at radius 3 is 2.39 bits per heavy atom. The van der Waals surface area contributed by atoms with Gasteiger partial charge in [0.15, 0.2) is 22.8 Å². The zero-order chi connectivity index (χ0) is 24.3. The van der Waals surface area contributed by atoms with E-state index in [0.717, 1.165) is 55.4 Å². The molecule has 2 fully saturated rings. The van der Waals surface area contributed by atoms with E-state index in [1.807, 2.05) is 59.3 Å². The maximum Gasteiger partial charge on any atom is 0.323 e. The van der Waals surface area contributed by atoms with Gasteiger partial charge in [-0.2, -0.15) is 0 Å². The van der Waals surface area contributed by atoms with Crippen LogP contribution in [0, 0.1) is 5.92 Å². The van der Waals surface area contributed by atoms with Gasteiger partial charge in [-0.1, -0.05) is 23.4 Å². The maximum atomic E-state index is 12.3. The van der Waals surface area contributed by atoms with E-state index in [-0.39, 0.29) is 6.03 Å². The summed E-state index contributed by atoms with van der Waals surface area (Å²) in [5, 5.41) is 17.8. The first-order valence-electron chi connectivity index (χ1n) is 12.1. The van der Waals surface area contributed by atoms with Crippen molar-refractivity contribution in [1.29, 1.82) is 0 Å². The zero-order valence-corrected chi connectivity index (χ0v) is 19.7. The van der Waals surface area contributed by atoms with Gasteiger partial charge in [0.2, 0.25) is 0 Å². The Labute approximate surface area is 207 Å². The fourth-order valence-corrected chi connectivity index (χ4v) is 4.33. The van der Waals surface area contributed by atoms with Gasteiger partial charge in [-0.25, -0.2) is 19.4 Å². The highest BCUT2D eigenvalue weighted by atomic mass is 16.5. The van der Waals surface area contributed by atoms with Gasteiger partial charge in [-0.05, 0) is 36.4 Å². The molecule has 4 heterocycles. The third-order valence-corrected chi connectivity index (χ3v) is 6.38. The average Bonchev–Trinajstić information content (AvgIpc) is 3.30. The van der Waals surface area contributed by atoms with Crippen LogP contribution in [0.15, 0.2) is 54.6 Å². The molecule has 6 rings (SSSR count). The molecule has 36 heavy (non-hydrogen) atoms. The van der Waals surface area contributed by atoms with Crippen molar-refractivity contribution < 1.29 is 9.53 Å². The maximum absolute atomic E-state index is 12.3. The number of hydrogen-bond acceptors (Lipinski definition) is 8. The summed E-state index contributed by atoms with van der Waals surface area (Å²) in [5.41, 5.74) is 3.69. The van der Waals surface area contributed by atoms with Crippen LogP contribution in [0.2, 0.25) is 0 Å². The van der Waals surface area contributed by atoms with Crippen molar-refractivity contribution in [3.8, 4) is 11.4 Å². The Morgan fingerprint density at radius 1 is 0.972 bits per heavy atom. The molecular formula is C25H27N9O2. The van der Waals surface area contributed by atoms with Gasteiger partial charge in [0, 0.05) is 49.0 Å². The number of hydrogen-bond donors (Lipinski definition) is 3. The molecule has 0 spiro atoms. The van der Waals surface area contributed by atoms with Crippen LogP contribution in [-0.4, -0.2) is 70.4 Å². The largest absolute Gasteiger partial charge is 0.378 e. The second-order valence-electron chi connectivity index (χ2n) is 8.96. The molecule has 184 valence electrons. The average molecular weight is 486 g/mol. The summed E-state index contributed by atoms with van der Waals surface area (Å²) < 4.78 is 7.43. The molecule has 2 aromatic carbocycles. The molecule has 2 aliphatic heterocycles. The summed E-state index contributed by atoms with van der Waals surface area (Å²) in [4.78, 5) is 24.3. The van der Waals surface area contributed by atoms with E-state index < -0.39 is 0 Å². The molecule has 2 aromatic heterocycles. The second-order valence-corrected chi connectivity index (χ2v) is 8.96. The number of nitrogens with zero attached hydrogens (tertiary/aromatic N) is 6. The van der Waals surface area contributed by atoms with E-state index in [9.17, 15) is 4.79 Å². The Morgan fingerprint density at radius 2 is 1.69 bits per heavy atom. The number of para-hydroxylation sites is 1. The van der Waals surface area contributed by atoms with Crippen molar-refractivity contribution in [2.75, 3.05) is 54.9 Å². The molecule has 11 nitrogen and oxygen atoms in total. The summed E-state index contributed by atoms with van der Waals surface area (Å²) >= 11 is 0. The fraction of sp³-hybridized carbons (Fsp3) is 0.320. The van der Waals surface area contributed by atoms with E-state index in [1.54, 1.807) is 0 Å². The molecule has 0 aliphatic carbocycles. The molecule has 0 saturated carbocycles.